The molecule has 0 bridgehead atoms. The molecule has 104 valence electrons. The van der Waals surface area contributed by atoms with Crippen LogP contribution in [0.3, 0.4) is 0 Å². The van der Waals surface area contributed by atoms with Crippen LogP contribution in [-0.2, 0) is 0 Å². The Morgan fingerprint density at radius 1 is 1.00 bits per heavy atom. The molecule has 3 unspecified atom stereocenters. The first-order valence-electron chi connectivity index (χ1n) is 8.36. The van der Waals surface area contributed by atoms with Gasteiger partial charge >= 0.3 is 0 Å². The first-order chi connectivity index (χ1) is 8.86. The van der Waals surface area contributed by atoms with Crippen LogP contribution in [0.25, 0.3) is 0 Å². The quantitative estimate of drug-likeness (QED) is 0.806. The van der Waals surface area contributed by atoms with Gasteiger partial charge in [0.2, 0.25) is 0 Å². The Balaban J connectivity index is 1.57. The highest BCUT2D eigenvalue weighted by Gasteiger charge is 2.37. The predicted molar refractivity (Wildman–Crippen MR) is 76.8 cm³/mol. The van der Waals surface area contributed by atoms with Gasteiger partial charge in [-0.1, -0.05) is 26.2 Å². The van der Waals surface area contributed by atoms with E-state index in [0.29, 0.717) is 0 Å². The van der Waals surface area contributed by atoms with Gasteiger partial charge in [0.1, 0.15) is 0 Å². The van der Waals surface area contributed by atoms with E-state index < -0.39 is 0 Å². The van der Waals surface area contributed by atoms with Crippen LogP contribution in [0.2, 0.25) is 0 Å². The Morgan fingerprint density at radius 2 is 1.89 bits per heavy atom. The summed E-state index contributed by atoms with van der Waals surface area (Å²) in [5, 5.41) is 3.69. The Bertz CT molecular complexity index is 256. The Morgan fingerprint density at radius 3 is 2.56 bits per heavy atom. The van der Waals surface area contributed by atoms with E-state index in [1.165, 1.54) is 70.9 Å². The molecule has 1 N–H and O–H groups in total. The summed E-state index contributed by atoms with van der Waals surface area (Å²) in [5.41, 5.74) is 0. The summed E-state index contributed by atoms with van der Waals surface area (Å²) >= 11 is 0. The largest absolute Gasteiger partial charge is 0.313 e. The van der Waals surface area contributed by atoms with Crippen molar-refractivity contribution in [2.24, 2.45) is 5.92 Å². The zero-order valence-corrected chi connectivity index (χ0v) is 12.0. The summed E-state index contributed by atoms with van der Waals surface area (Å²) in [6.45, 7) is 4.98. The first kappa shape index (κ1) is 12.9. The third-order valence-corrected chi connectivity index (χ3v) is 5.41. The van der Waals surface area contributed by atoms with Crippen molar-refractivity contribution in [1.82, 2.24) is 10.2 Å². The Labute approximate surface area is 113 Å². The van der Waals surface area contributed by atoms with Gasteiger partial charge in [0.25, 0.3) is 0 Å². The van der Waals surface area contributed by atoms with E-state index in [2.05, 4.69) is 17.1 Å². The molecule has 0 amide bonds. The SMILES string of the molecule is CCC1CCCC(N(CC2CCCN2)C2CC2)C1. The molecule has 2 nitrogen and oxygen atoms in total. The maximum atomic E-state index is 3.69. The molecule has 2 saturated carbocycles. The van der Waals surface area contributed by atoms with Crippen molar-refractivity contribution < 1.29 is 0 Å². The number of rotatable bonds is 5. The summed E-state index contributed by atoms with van der Waals surface area (Å²) in [6, 6.07) is 2.67. The highest BCUT2D eigenvalue weighted by molar-refractivity contribution is 4.93. The van der Waals surface area contributed by atoms with Crippen molar-refractivity contribution in [2.45, 2.75) is 82.8 Å². The lowest BCUT2D eigenvalue weighted by molar-refractivity contribution is 0.111. The van der Waals surface area contributed by atoms with E-state index in [-0.39, 0.29) is 0 Å². The molecule has 1 saturated heterocycles. The summed E-state index contributed by atoms with van der Waals surface area (Å²) in [7, 11) is 0. The van der Waals surface area contributed by atoms with Crippen LogP contribution in [0.1, 0.15) is 64.7 Å². The highest BCUT2D eigenvalue weighted by atomic mass is 15.2. The molecule has 0 aromatic heterocycles. The zero-order chi connectivity index (χ0) is 12.4. The Hall–Kier alpha value is -0.0800. The number of hydrogen-bond donors (Lipinski definition) is 1. The molecule has 0 radical (unpaired) electrons. The van der Waals surface area contributed by atoms with Crippen molar-refractivity contribution in [3.05, 3.63) is 0 Å². The molecule has 0 aromatic rings. The van der Waals surface area contributed by atoms with Gasteiger partial charge in [0, 0.05) is 24.7 Å². The van der Waals surface area contributed by atoms with Crippen molar-refractivity contribution in [2.75, 3.05) is 13.1 Å². The molecule has 2 heteroatoms. The van der Waals surface area contributed by atoms with Crippen LogP contribution in [0, 0.1) is 5.92 Å². The second-order valence-electron chi connectivity index (χ2n) is 6.82. The van der Waals surface area contributed by atoms with Crippen LogP contribution in [-0.4, -0.2) is 36.1 Å². The Kier molecular flexibility index (Phi) is 4.25. The van der Waals surface area contributed by atoms with Crippen LogP contribution in [0.4, 0.5) is 0 Å². The lowest BCUT2D eigenvalue weighted by Crippen LogP contribution is -2.46. The molecular formula is C16H30N2. The lowest BCUT2D eigenvalue weighted by atomic mass is 9.83. The van der Waals surface area contributed by atoms with Gasteiger partial charge in [-0.05, 0) is 51.0 Å². The van der Waals surface area contributed by atoms with Gasteiger partial charge in [-0.25, -0.2) is 0 Å². The third kappa shape index (κ3) is 3.08. The summed E-state index contributed by atoms with van der Waals surface area (Å²) in [4.78, 5) is 2.91. The normalized spacial score (nSPS) is 37.3. The maximum Gasteiger partial charge on any atom is 0.0195 e. The minimum atomic E-state index is 0.799. The standard InChI is InChI=1S/C16H30N2/c1-2-13-5-3-7-16(11-13)18(15-8-9-15)12-14-6-4-10-17-14/h13-17H,2-12H2,1H3. The van der Waals surface area contributed by atoms with E-state index in [1.807, 2.05) is 0 Å². The number of nitrogens with zero attached hydrogens (tertiary/aromatic N) is 1. The van der Waals surface area contributed by atoms with Crippen molar-refractivity contribution >= 4 is 0 Å². The first-order valence-corrected chi connectivity index (χ1v) is 8.36. The van der Waals surface area contributed by atoms with Crippen molar-refractivity contribution in [3.8, 4) is 0 Å². The lowest BCUT2D eigenvalue weighted by Gasteiger charge is -2.39. The predicted octanol–water partition coefficient (Wildman–Crippen LogP) is 3.17. The average Bonchev–Trinajstić information content (AvgIpc) is 3.13. The summed E-state index contributed by atoms with van der Waals surface area (Å²) in [6.07, 6.45) is 13.1. The second kappa shape index (κ2) is 5.92. The van der Waals surface area contributed by atoms with Crippen LogP contribution < -0.4 is 5.32 Å². The molecule has 2 aliphatic carbocycles. The number of nitrogens with one attached hydrogen (secondary N) is 1. The van der Waals surface area contributed by atoms with Crippen molar-refractivity contribution in [1.29, 1.82) is 0 Å². The average molecular weight is 250 g/mol. The van der Waals surface area contributed by atoms with E-state index in [4.69, 9.17) is 0 Å². The molecule has 3 rings (SSSR count). The zero-order valence-electron chi connectivity index (χ0n) is 12.0. The van der Waals surface area contributed by atoms with Crippen LogP contribution in [0.5, 0.6) is 0 Å². The maximum absolute atomic E-state index is 3.69. The fourth-order valence-corrected chi connectivity index (χ4v) is 4.10. The fourth-order valence-electron chi connectivity index (χ4n) is 4.10. The minimum absolute atomic E-state index is 0.799. The third-order valence-electron chi connectivity index (χ3n) is 5.41. The molecular weight excluding hydrogens is 220 g/mol. The molecule has 3 fully saturated rings. The monoisotopic (exact) mass is 250 g/mol. The van der Waals surface area contributed by atoms with E-state index >= 15 is 0 Å². The molecule has 3 atom stereocenters. The topological polar surface area (TPSA) is 15.3 Å². The van der Waals surface area contributed by atoms with Gasteiger partial charge in [0.15, 0.2) is 0 Å². The molecule has 0 spiro atoms. The van der Waals surface area contributed by atoms with E-state index in [9.17, 15) is 0 Å². The van der Waals surface area contributed by atoms with Gasteiger partial charge in [-0.3, -0.25) is 4.90 Å². The molecule has 1 aliphatic heterocycles. The summed E-state index contributed by atoms with van der Waals surface area (Å²) in [5.74, 6) is 1.02. The van der Waals surface area contributed by atoms with Crippen LogP contribution >= 0.6 is 0 Å². The van der Waals surface area contributed by atoms with E-state index in [0.717, 1.165) is 24.0 Å². The summed E-state index contributed by atoms with van der Waals surface area (Å²) < 4.78 is 0. The van der Waals surface area contributed by atoms with Gasteiger partial charge in [-0.2, -0.15) is 0 Å². The van der Waals surface area contributed by atoms with Crippen LogP contribution in [0.15, 0.2) is 0 Å². The van der Waals surface area contributed by atoms with Gasteiger partial charge < -0.3 is 5.32 Å². The molecule has 18 heavy (non-hydrogen) atoms. The smallest absolute Gasteiger partial charge is 0.0195 e. The second-order valence-corrected chi connectivity index (χ2v) is 6.82. The highest BCUT2D eigenvalue weighted by Crippen LogP contribution is 2.36. The fraction of sp³-hybridized carbons (Fsp3) is 1.00. The minimum Gasteiger partial charge on any atom is -0.313 e. The molecule has 3 aliphatic rings. The van der Waals surface area contributed by atoms with Gasteiger partial charge in [0.05, 0.1) is 0 Å². The van der Waals surface area contributed by atoms with Crippen molar-refractivity contribution in [3.63, 3.8) is 0 Å². The van der Waals surface area contributed by atoms with Gasteiger partial charge in [-0.15, -0.1) is 0 Å². The number of hydrogen-bond acceptors (Lipinski definition) is 2. The molecule has 0 aromatic carbocycles. The molecule has 1 heterocycles. The van der Waals surface area contributed by atoms with E-state index in [1.54, 1.807) is 0 Å².